The Morgan fingerprint density at radius 1 is 1.53 bits per heavy atom. The first-order valence-corrected chi connectivity index (χ1v) is 6.40. The number of carboxylic acid groups (broad SMARTS) is 1. The average molecular weight is 254 g/mol. The smallest absolute Gasteiger partial charge is 0.309 e. The highest BCUT2D eigenvalue weighted by molar-refractivity contribution is 7.99. The van der Waals surface area contributed by atoms with Crippen LogP contribution in [0.3, 0.4) is 0 Å². The van der Waals surface area contributed by atoms with Crippen LogP contribution < -0.4 is 0 Å². The summed E-state index contributed by atoms with van der Waals surface area (Å²) in [6.07, 6.45) is 0.767. The highest BCUT2D eigenvalue weighted by Crippen LogP contribution is 2.23. The van der Waals surface area contributed by atoms with Crippen molar-refractivity contribution in [1.29, 1.82) is 0 Å². The van der Waals surface area contributed by atoms with Crippen molar-refractivity contribution in [3.05, 3.63) is 5.82 Å². The Morgan fingerprint density at radius 3 is 2.94 bits per heavy atom. The summed E-state index contributed by atoms with van der Waals surface area (Å²) in [6.45, 7) is 4.19. The lowest BCUT2D eigenvalue weighted by molar-refractivity contribution is -0.135. The molecule has 0 aromatic carbocycles. The number of carbonyl (C=O) groups is 1. The number of thioether (sulfide) groups is 1. The van der Waals surface area contributed by atoms with Gasteiger partial charge in [-0.1, -0.05) is 25.6 Å². The summed E-state index contributed by atoms with van der Waals surface area (Å²) < 4.78 is 1.67. The van der Waals surface area contributed by atoms with Gasteiger partial charge in [-0.15, -0.1) is 10.2 Å². The average Bonchev–Trinajstić information content (AvgIpc) is 2.59. The van der Waals surface area contributed by atoms with Gasteiger partial charge in [0, 0.05) is 12.2 Å². The van der Waals surface area contributed by atoms with E-state index in [2.05, 4.69) is 29.1 Å². The molecule has 0 fully saturated rings. The van der Waals surface area contributed by atoms with Crippen LogP contribution in [0.15, 0.2) is 10.3 Å². The number of fused-ring (bicyclic) bond motifs is 1. The van der Waals surface area contributed by atoms with Crippen LogP contribution in [0.25, 0.3) is 0 Å². The van der Waals surface area contributed by atoms with Crippen LogP contribution in [-0.4, -0.2) is 37.4 Å². The molecule has 0 radical (unpaired) electrons. The summed E-state index contributed by atoms with van der Waals surface area (Å²) in [6, 6.07) is 0. The molecule has 1 aromatic heterocycles. The zero-order chi connectivity index (χ0) is 12.4. The quantitative estimate of drug-likeness (QED) is 0.875. The van der Waals surface area contributed by atoms with Gasteiger partial charge in [-0.2, -0.15) is 9.78 Å². The molecule has 1 aromatic rings. The Balaban J connectivity index is 2.25. The van der Waals surface area contributed by atoms with Crippen molar-refractivity contribution in [3.8, 4) is 0 Å². The van der Waals surface area contributed by atoms with Crippen molar-refractivity contribution in [2.75, 3.05) is 5.75 Å². The molecular weight excluding hydrogens is 240 g/mol. The molecule has 6 nitrogen and oxygen atoms in total. The van der Waals surface area contributed by atoms with Gasteiger partial charge in [0.15, 0.2) is 5.82 Å². The van der Waals surface area contributed by atoms with Gasteiger partial charge in [0.2, 0.25) is 5.16 Å². The normalized spacial score (nSPS) is 14.6. The molecule has 1 aliphatic heterocycles. The largest absolute Gasteiger partial charge is 0.481 e. The molecule has 92 valence electrons. The van der Waals surface area contributed by atoms with E-state index in [0.29, 0.717) is 17.4 Å². The molecule has 0 amide bonds. The van der Waals surface area contributed by atoms with Gasteiger partial charge in [-0.3, -0.25) is 4.79 Å². The van der Waals surface area contributed by atoms with Gasteiger partial charge < -0.3 is 5.11 Å². The van der Waals surface area contributed by atoms with Gasteiger partial charge in [-0.05, 0) is 5.92 Å². The van der Waals surface area contributed by atoms with Crippen LogP contribution in [-0.2, 0) is 11.2 Å². The van der Waals surface area contributed by atoms with Crippen LogP contribution >= 0.6 is 11.8 Å². The lowest BCUT2D eigenvalue weighted by atomic mass is 10.1. The molecule has 0 bridgehead atoms. The first-order valence-electron chi connectivity index (χ1n) is 5.42. The molecule has 2 rings (SSSR count). The Labute approximate surface area is 103 Å². The van der Waals surface area contributed by atoms with E-state index in [1.165, 1.54) is 11.8 Å². The van der Waals surface area contributed by atoms with E-state index in [1.807, 2.05) is 0 Å². The number of rotatable bonds is 4. The molecule has 1 aliphatic rings. The third kappa shape index (κ3) is 2.85. The van der Waals surface area contributed by atoms with Gasteiger partial charge in [0.05, 0.1) is 12.1 Å². The molecule has 0 saturated heterocycles. The van der Waals surface area contributed by atoms with Crippen LogP contribution in [0, 0.1) is 5.92 Å². The predicted octanol–water partition coefficient (Wildman–Crippen LogP) is 1.26. The van der Waals surface area contributed by atoms with E-state index < -0.39 is 5.97 Å². The summed E-state index contributed by atoms with van der Waals surface area (Å²) in [4.78, 5) is 10.6. The molecule has 0 atom stereocenters. The summed E-state index contributed by atoms with van der Waals surface area (Å²) in [7, 11) is 0. The van der Waals surface area contributed by atoms with Gasteiger partial charge in [0.1, 0.15) is 0 Å². The third-order valence-corrected chi connectivity index (χ3v) is 3.22. The maximum absolute atomic E-state index is 10.6. The molecule has 1 N–H and O–H groups in total. The summed E-state index contributed by atoms with van der Waals surface area (Å²) in [5, 5.41) is 21.9. The molecule has 0 saturated carbocycles. The Kier molecular flexibility index (Phi) is 3.46. The van der Waals surface area contributed by atoms with E-state index in [4.69, 9.17) is 5.11 Å². The van der Waals surface area contributed by atoms with E-state index >= 15 is 0 Å². The predicted molar refractivity (Wildman–Crippen MR) is 64.4 cm³/mol. The molecule has 0 unspecified atom stereocenters. The van der Waals surface area contributed by atoms with E-state index in [9.17, 15) is 4.79 Å². The number of hydrogen-bond acceptors (Lipinski definition) is 5. The first kappa shape index (κ1) is 12.1. The summed E-state index contributed by atoms with van der Waals surface area (Å²) in [5.41, 5.74) is 0.653. The highest BCUT2D eigenvalue weighted by atomic mass is 32.2. The lowest BCUT2D eigenvalue weighted by Crippen LogP contribution is -2.17. The van der Waals surface area contributed by atoms with Crippen molar-refractivity contribution in [1.82, 2.24) is 14.9 Å². The maximum Gasteiger partial charge on any atom is 0.309 e. The highest BCUT2D eigenvalue weighted by Gasteiger charge is 2.20. The maximum atomic E-state index is 10.6. The van der Waals surface area contributed by atoms with Crippen molar-refractivity contribution in [2.24, 2.45) is 11.0 Å². The molecule has 7 heteroatoms. The molecular formula is C10H14N4O2S. The Hall–Kier alpha value is -1.37. The van der Waals surface area contributed by atoms with E-state index in [0.717, 1.165) is 17.4 Å². The number of hydrogen-bond donors (Lipinski definition) is 1. The number of nitrogens with zero attached hydrogens (tertiary/aromatic N) is 4. The SMILES string of the molecule is CC(C)Cc1nnc2n1N=C(CC(=O)O)CS2. The van der Waals surface area contributed by atoms with E-state index in [-0.39, 0.29) is 6.42 Å². The lowest BCUT2D eigenvalue weighted by Gasteiger charge is -2.12. The van der Waals surface area contributed by atoms with Crippen LogP contribution in [0.5, 0.6) is 0 Å². The minimum atomic E-state index is -0.855. The van der Waals surface area contributed by atoms with Crippen LogP contribution in [0.1, 0.15) is 26.1 Å². The van der Waals surface area contributed by atoms with Crippen molar-refractivity contribution in [3.63, 3.8) is 0 Å². The second-order valence-electron chi connectivity index (χ2n) is 4.33. The monoisotopic (exact) mass is 254 g/mol. The molecule has 17 heavy (non-hydrogen) atoms. The standard InChI is InChI=1S/C10H14N4O2S/c1-6(2)3-8-11-12-10-14(8)13-7(5-17-10)4-9(15)16/h6H,3-5H2,1-2H3,(H,15,16). The minimum absolute atomic E-state index is 0.0221. The Bertz CT molecular complexity index is 467. The Morgan fingerprint density at radius 2 is 2.29 bits per heavy atom. The van der Waals surface area contributed by atoms with Gasteiger partial charge in [-0.25, -0.2) is 0 Å². The van der Waals surface area contributed by atoms with Gasteiger partial charge >= 0.3 is 5.97 Å². The molecule has 2 heterocycles. The second kappa shape index (κ2) is 4.87. The van der Waals surface area contributed by atoms with Crippen LogP contribution in [0.2, 0.25) is 0 Å². The minimum Gasteiger partial charge on any atom is -0.481 e. The number of carboxylic acids is 1. The van der Waals surface area contributed by atoms with E-state index in [1.54, 1.807) is 4.68 Å². The third-order valence-electron chi connectivity index (χ3n) is 2.23. The van der Waals surface area contributed by atoms with Crippen LogP contribution in [0.4, 0.5) is 0 Å². The van der Waals surface area contributed by atoms with Crippen molar-refractivity contribution < 1.29 is 9.90 Å². The fourth-order valence-electron chi connectivity index (χ4n) is 1.56. The fraction of sp³-hybridized carbons (Fsp3) is 0.600. The summed E-state index contributed by atoms with van der Waals surface area (Å²) in [5.74, 6) is 0.983. The topological polar surface area (TPSA) is 80.4 Å². The first-order chi connectivity index (χ1) is 8.06. The second-order valence-corrected chi connectivity index (χ2v) is 5.28. The number of aliphatic carboxylic acids is 1. The summed E-state index contributed by atoms with van der Waals surface area (Å²) >= 11 is 1.48. The van der Waals surface area contributed by atoms with Crippen molar-refractivity contribution >= 4 is 23.4 Å². The van der Waals surface area contributed by atoms with Crippen molar-refractivity contribution in [2.45, 2.75) is 31.8 Å². The molecule has 0 spiro atoms. The number of aromatic nitrogens is 3. The molecule has 0 aliphatic carbocycles. The van der Waals surface area contributed by atoms with Gasteiger partial charge in [0.25, 0.3) is 0 Å². The zero-order valence-corrected chi connectivity index (χ0v) is 10.6. The zero-order valence-electron chi connectivity index (χ0n) is 9.75. The fourth-order valence-corrected chi connectivity index (χ4v) is 2.38.